The summed E-state index contributed by atoms with van der Waals surface area (Å²) >= 11 is 1.56. The fraction of sp³-hybridized carbons (Fsp3) is 0.250. The van der Waals surface area contributed by atoms with Crippen molar-refractivity contribution >= 4 is 16.9 Å². The molecule has 0 aliphatic rings. The summed E-state index contributed by atoms with van der Waals surface area (Å²) in [4.78, 5) is 4.13. The van der Waals surface area contributed by atoms with Crippen LogP contribution in [0.2, 0.25) is 0 Å². The van der Waals surface area contributed by atoms with Gasteiger partial charge in [0.1, 0.15) is 0 Å². The Morgan fingerprint density at radius 3 is 2.93 bits per heavy atom. The summed E-state index contributed by atoms with van der Waals surface area (Å²) < 4.78 is 0. The van der Waals surface area contributed by atoms with Gasteiger partial charge in [0.25, 0.3) is 0 Å². The van der Waals surface area contributed by atoms with E-state index in [0.29, 0.717) is 11.7 Å². The molecule has 1 rings (SSSR count). The first kappa shape index (κ1) is 11.9. The Hall–Kier alpha value is -1.22. The molecule has 0 unspecified atom stereocenters. The summed E-state index contributed by atoms with van der Waals surface area (Å²) in [5, 5.41) is 0.623. The molecule has 80 valence electrons. The number of amidine groups is 1. The van der Waals surface area contributed by atoms with Crippen molar-refractivity contribution in [1.82, 2.24) is 0 Å². The minimum Gasteiger partial charge on any atom is -0.379 e. The van der Waals surface area contributed by atoms with Gasteiger partial charge >= 0.3 is 0 Å². The van der Waals surface area contributed by atoms with Gasteiger partial charge in [-0.25, -0.2) is 0 Å². The lowest BCUT2D eigenvalue weighted by atomic mass is 10.1. The number of nitrogens with two attached hydrogens (primary N) is 1. The highest BCUT2D eigenvalue weighted by Gasteiger charge is 1.98. The highest BCUT2D eigenvalue weighted by atomic mass is 32.2. The van der Waals surface area contributed by atoms with Crippen LogP contribution < -0.4 is 5.73 Å². The van der Waals surface area contributed by atoms with Crippen LogP contribution in [0.25, 0.3) is 0 Å². The molecule has 1 aromatic carbocycles. The maximum atomic E-state index is 5.72. The van der Waals surface area contributed by atoms with E-state index >= 15 is 0 Å². The second-order valence-electron chi connectivity index (χ2n) is 3.18. The Kier molecular flexibility index (Phi) is 4.98. The second kappa shape index (κ2) is 6.30. The highest BCUT2D eigenvalue weighted by molar-refractivity contribution is 8.13. The highest BCUT2D eigenvalue weighted by Crippen LogP contribution is 2.15. The van der Waals surface area contributed by atoms with Crippen LogP contribution in [0.3, 0.4) is 0 Å². The predicted molar refractivity (Wildman–Crippen MR) is 69.2 cm³/mol. The second-order valence-corrected chi connectivity index (χ2v) is 4.18. The number of aliphatic imine (C=N–C) groups is 1. The Morgan fingerprint density at radius 2 is 2.27 bits per heavy atom. The zero-order valence-corrected chi connectivity index (χ0v) is 9.76. The zero-order chi connectivity index (χ0) is 11.1. The van der Waals surface area contributed by atoms with E-state index in [2.05, 4.69) is 30.6 Å². The third-order valence-electron chi connectivity index (χ3n) is 2.01. The molecule has 0 spiro atoms. The third kappa shape index (κ3) is 4.21. The van der Waals surface area contributed by atoms with Crippen LogP contribution in [-0.4, -0.2) is 11.7 Å². The van der Waals surface area contributed by atoms with Gasteiger partial charge in [-0.05, 0) is 18.1 Å². The number of hydrogen-bond acceptors (Lipinski definition) is 2. The summed E-state index contributed by atoms with van der Waals surface area (Å²) in [6, 6.07) is 8.30. The molecule has 3 heteroatoms. The molecule has 1 aromatic rings. The van der Waals surface area contributed by atoms with Crippen LogP contribution in [0.4, 0.5) is 0 Å². The Bertz CT molecular complexity index is 358. The fourth-order valence-electron chi connectivity index (χ4n) is 1.12. The van der Waals surface area contributed by atoms with E-state index in [1.54, 1.807) is 17.8 Å². The number of aryl methyl sites for hydroxylation is 1. The lowest BCUT2D eigenvalue weighted by Gasteiger charge is -2.04. The number of rotatable bonds is 4. The first-order valence-electron chi connectivity index (χ1n) is 4.82. The Morgan fingerprint density at radius 1 is 1.53 bits per heavy atom. The third-order valence-corrected chi connectivity index (χ3v) is 2.89. The van der Waals surface area contributed by atoms with Crippen molar-refractivity contribution < 1.29 is 0 Å². The average molecular weight is 220 g/mol. The maximum absolute atomic E-state index is 5.72. The first-order valence-corrected chi connectivity index (χ1v) is 5.80. The summed E-state index contributed by atoms with van der Waals surface area (Å²) in [6.07, 6.45) is 1.74. The number of hydrogen-bond donors (Lipinski definition) is 1. The van der Waals surface area contributed by atoms with Crippen molar-refractivity contribution in [2.75, 3.05) is 6.54 Å². The average Bonchev–Trinajstić information content (AvgIpc) is 2.25. The number of benzene rings is 1. The summed E-state index contributed by atoms with van der Waals surface area (Å²) in [6.45, 7) is 6.29. The number of nitrogens with zero attached hydrogens (tertiary/aromatic N) is 1. The van der Waals surface area contributed by atoms with Gasteiger partial charge in [0.15, 0.2) is 5.17 Å². The van der Waals surface area contributed by atoms with Gasteiger partial charge in [0.05, 0.1) is 6.54 Å². The molecule has 0 heterocycles. The molecule has 0 aliphatic carbocycles. The SMILES string of the molecule is C=CCN=C(N)SCc1ccccc1C. The van der Waals surface area contributed by atoms with Gasteiger partial charge in [-0.3, -0.25) is 4.99 Å². The van der Waals surface area contributed by atoms with Gasteiger partial charge in [0.2, 0.25) is 0 Å². The Labute approximate surface area is 95.3 Å². The van der Waals surface area contributed by atoms with Crippen molar-refractivity contribution in [2.45, 2.75) is 12.7 Å². The van der Waals surface area contributed by atoms with Crippen LogP contribution in [-0.2, 0) is 5.75 Å². The van der Waals surface area contributed by atoms with Gasteiger partial charge in [-0.1, -0.05) is 42.1 Å². The molecule has 0 atom stereocenters. The van der Waals surface area contributed by atoms with Gasteiger partial charge < -0.3 is 5.73 Å². The van der Waals surface area contributed by atoms with Gasteiger partial charge in [-0.15, -0.1) is 6.58 Å². The van der Waals surface area contributed by atoms with Crippen LogP contribution >= 0.6 is 11.8 Å². The quantitative estimate of drug-likeness (QED) is 0.481. The topological polar surface area (TPSA) is 38.4 Å². The van der Waals surface area contributed by atoms with E-state index in [4.69, 9.17) is 5.73 Å². The Balaban J connectivity index is 2.50. The minimum absolute atomic E-state index is 0.590. The smallest absolute Gasteiger partial charge is 0.154 e. The maximum Gasteiger partial charge on any atom is 0.154 e. The standard InChI is InChI=1S/C12H16N2S/c1-3-8-14-12(13)15-9-11-7-5-4-6-10(11)2/h3-7H,1,8-9H2,2H3,(H2,13,14). The lowest BCUT2D eigenvalue weighted by molar-refractivity contribution is 1.25. The molecule has 0 saturated heterocycles. The van der Waals surface area contributed by atoms with E-state index < -0.39 is 0 Å². The molecule has 0 amide bonds. The fourth-order valence-corrected chi connectivity index (χ4v) is 1.92. The molecular formula is C12H16N2S. The summed E-state index contributed by atoms with van der Waals surface area (Å²) in [5.41, 5.74) is 8.32. The molecule has 0 aliphatic heterocycles. The van der Waals surface area contributed by atoms with Crippen molar-refractivity contribution in [1.29, 1.82) is 0 Å². The molecule has 15 heavy (non-hydrogen) atoms. The molecule has 0 fully saturated rings. The molecule has 2 nitrogen and oxygen atoms in total. The largest absolute Gasteiger partial charge is 0.379 e. The molecule has 0 bridgehead atoms. The molecule has 0 aromatic heterocycles. The summed E-state index contributed by atoms with van der Waals surface area (Å²) in [5.74, 6) is 0.874. The van der Waals surface area contributed by atoms with E-state index in [-0.39, 0.29) is 0 Å². The van der Waals surface area contributed by atoms with Gasteiger partial charge in [-0.2, -0.15) is 0 Å². The van der Waals surface area contributed by atoms with Crippen LogP contribution in [0.5, 0.6) is 0 Å². The molecule has 0 radical (unpaired) electrons. The van der Waals surface area contributed by atoms with Gasteiger partial charge in [0, 0.05) is 5.75 Å². The predicted octanol–water partition coefficient (Wildman–Crippen LogP) is 2.73. The first-order chi connectivity index (χ1) is 7.24. The van der Waals surface area contributed by atoms with E-state index in [1.807, 2.05) is 12.1 Å². The van der Waals surface area contributed by atoms with E-state index in [9.17, 15) is 0 Å². The van der Waals surface area contributed by atoms with Crippen molar-refractivity contribution in [3.05, 3.63) is 48.0 Å². The van der Waals surface area contributed by atoms with Crippen LogP contribution in [0.15, 0.2) is 41.9 Å². The van der Waals surface area contributed by atoms with Crippen molar-refractivity contribution in [3.63, 3.8) is 0 Å². The molecule has 0 saturated carbocycles. The summed E-state index contributed by atoms with van der Waals surface area (Å²) in [7, 11) is 0. The zero-order valence-electron chi connectivity index (χ0n) is 8.94. The van der Waals surface area contributed by atoms with E-state index in [0.717, 1.165) is 5.75 Å². The number of thioether (sulfide) groups is 1. The van der Waals surface area contributed by atoms with Crippen LogP contribution in [0, 0.1) is 6.92 Å². The molecule has 2 N–H and O–H groups in total. The van der Waals surface area contributed by atoms with E-state index in [1.165, 1.54) is 11.1 Å². The molecular weight excluding hydrogens is 204 g/mol. The van der Waals surface area contributed by atoms with Crippen molar-refractivity contribution in [2.24, 2.45) is 10.7 Å². The normalized spacial score (nSPS) is 11.4. The monoisotopic (exact) mass is 220 g/mol. The van der Waals surface area contributed by atoms with Crippen LogP contribution in [0.1, 0.15) is 11.1 Å². The van der Waals surface area contributed by atoms with Crippen molar-refractivity contribution in [3.8, 4) is 0 Å². The lowest BCUT2D eigenvalue weighted by Crippen LogP contribution is -2.07. The minimum atomic E-state index is 0.590.